The van der Waals surface area contributed by atoms with Gasteiger partial charge in [-0.3, -0.25) is 9.59 Å². The van der Waals surface area contributed by atoms with Gasteiger partial charge in [0.1, 0.15) is 5.75 Å². The lowest BCUT2D eigenvalue weighted by atomic mass is 10.1. The van der Waals surface area contributed by atoms with Gasteiger partial charge in [-0.1, -0.05) is 36.4 Å². The normalized spacial score (nSPS) is 13.4. The van der Waals surface area contributed by atoms with Crippen LogP contribution in [0, 0.1) is 0 Å². The van der Waals surface area contributed by atoms with Crippen LogP contribution in [-0.2, 0) is 22.6 Å². The molecule has 3 aromatic rings. The van der Waals surface area contributed by atoms with Gasteiger partial charge in [-0.25, -0.2) is 0 Å². The van der Waals surface area contributed by atoms with E-state index in [2.05, 4.69) is 39.8 Å². The van der Waals surface area contributed by atoms with Crippen LogP contribution in [-0.4, -0.2) is 32.0 Å². The second kappa shape index (κ2) is 9.66. The minimum absolute atomic E-state index is 0.0150. The van der Waals surface area contributed by atoms with Crippen LogP contribution < -0.4 is 20.3 Å². The van der Waals surface area contributed by atoms with E-state index >= 15 is 0 Å². The third kappa shape index (κ3) is 4.88. The Bertz CT molecular complexity index is 1050. The van der Waals surface area contributed by atoms with Crippen molar-refractivity contribution >= 4 is 28.8 Å². The van der Waals surface area contributed by atoms with Gasteiger partial charge in [0.25, 0.3) is 0 Å². The minimum atomic E-state index is -0.644. The molecular formula is C24H25N3O3S. The van der Waals surface area contributed by atoms with Crippen LogP contribution in [0.3, 0.4) is 0 Å². The highest BCUT2D eigenvalue weighted by Gasteiger charge is 2.28. The molecule has 0 bridgehead atoms. The molecule has 0 saturated heterocycles. The van der Waals surface area contributed by atoms with Crippen LogP contribution >= 0.6 is 11.3 Å². The zero-order valence-electron chi connectivity index (χ0n) is 17.3. The van der Waals surface area contributed by atoms with Crippen molar-refractivity contribution in [1.82, 2.24) is 10.6 Å². The Morgan fingerprint density at radius 1 is 1.06 bits per heavy atom. The molecule has 2 heterocycles. The minimum Gasteiger partial charge on any atom is -0.497 e. The highest BCUT2D eigenvalue weighted by atomic mass is 32.1. The molecule has 31 heavy (non-hydrogen) atoms. The van der Waals surface area contributed by atoms with Crippen LogP contribution in [0.15, 0.2) is 66.0 Å². The second-order valence-corrected chi connectivity index (χ2v) is 8.33. The van der Waals surface area contributed by atoms with Gasteiger partial charge in [-0.2, -0.15) is 0 Å². The van der Waals surface area contributed by atoms with E-state index in [1.165, 1.54) is 11.3 Å². The zero-order chi connectivity index (χ0) is 21.6. The van der Waals surface area contributed by atoms with Gasteiger partial charge in [-0.15, -0.1) is 11.3 Å². The van der Waals surface area contributed by atoms with E-state index in [-0.39, 0.29) is 12.6 Å². The highest BCUT2D eigenvalue weighted by Crippen LogP contribution is 2.36. The van der Waals surface area contributed by atoms with Crippen LogP contribution in [0.25, 0.3) is 0 Å². The molecule has 1 unspecified atom stereocenters. The lowest BCUT2D eigenvalue weighted by Crippen LogP contribution is -2.43. The summed E-state index contributed by atoms with van der Waals surface area (Å²) in [4.78, 5) is 28.3. The van der Waals surface area contributed by atoms with Gasteiger partial charge < -0.3 is 20.3 Å². The number of benzene rings is 2. The molecule has 2 aromatic carbocycles. The number of hydrogen-bond donors (Lipinski definition) is 2. The lowest BCUT2D eigenvalue weighted by Gasteiger charge is -2.30. The van der Waals surface area contributed by atoms with Crippen molar-refractivity contribution in [3.05, 3.63) is 82.0 Å². The first-order valence-electron chi connectivity index (χ1n) is 10.2. The molecule has 160 valence electrons. The molecule has 2 amide bonds. The van der Waals surface area contributed by atoms with E-state index in [0.29, 0.717) is 12.3 Å². The van der Waals surface area contributed by atoms with Gasteiger partial charge in [0.15, 0.2) is 0 Å². The van der Waals surface area contributed by atoms with Crippen LogP contribution in [0.4, 0.5) is 5.69 Å². The molecule has 4 rings (SSSR count). The van der Waals surface area contributed by atoms with E-state index in [0.717, 1.165) is 23.4 Å². The Morgan fingerprint density at radius 3 is 2.71 bits per heavy atom. The van der Waals surface area contributed by atoms with Gasteiger partial charge in [-0.05, 0) is 47.2 Å². The molecule has 0 fully saturated rings. The van der Waals surface area contributed by atoms with Crippen molar-refractivity contribution in [2.75, 3.05) is 25.1 Å². The summed E-state index contributed by atoms with van der Waals surface area (Å²) in [6, 6.07) is 19.8. The zero-order valence-corrected chi connectivity index (χ0v) is 18.2. The first kappa shape index (κ1) is 20.9. The van der Waals surface area contributed by atoms with Gasteiger partial charge >= 0.3 is 11.8 Å². The molecule has 1 aromatic heterocycles. The molecule has 2 N–H and O–H groups in total. The predicted molar refractivity (Wildman–Crippen MR) is 122 cm³/mol. The van der Waals surface area contributed by atoms with Crippen molar-refractivity contribution in [1.29, 1.82) is 0 Å². The van der Waals surface area contributed by atoms with Crippen LogP contribution in [0.2, 0.25) is 0 Å². The van der Waals surface area contributed by atoms with E-state index in [1.807, 2.05) is 41.8 Å². The summed E-state index contributed by atoms with van der Waals surface area (Å²) in [5.74, 6) is -0.563. The average Bonchev–Trinajstić information content (AvgIpc) is 3.48. The van der Waals surface area contributed by atoms with Crippen molar-refractivity contribution in [2.45, 2.75) is 19.0 Å². The van der Waals surface area contributed by atoms with E-state index in [4.69, 9.17) is 4.74 Å². The number of fused-ring (bicyclic) bond motifs is 1. The van der Waals surface area contributed by atoms with Crippen molar-refractivity contribution in [3.8, 4) is 5.75 Å². The van der Waals surface area contributed by atoms with Crippen molar-refractivity contribution < 1.29 is 14.3 Å². The number of rotatable bonds is 7. The van der Waals surface area contributed by atoms with Gasteiger partial charge in [0, 0.05) is 30.2 Å². The number of anilines is 1. The summed E-state index contributed by atoms with van der Waals surface area (Å²) in [7, 11) is 1.59. The Kier molecular flexibility index (Phi) is 6.52. The van der Waals surface area contributed by atoms with E-state index in [1.54, 1.807) is 18.4 Å². The Hall–Kier alpha value is -3.32. The topological polar surface area (TPSA) is 70.7 Å². The average molecular weight is 436 g/mol. The van der Waals surface area contributed by atoms with Gasteiger partial charge in [0.05, 0.1) is 13.2 Å². The summed E-state index contributed by atoms with van der Waals surface area (Å²) in [5, 5.41) is 7.54. The maximum absolute atomic E-state index is 12.5. The number of nitrogens with one attached hydrogen (secondary N) is 2. The summed E-state index contributed by atoms with van der Waals surface area (Å²) in [6.45, 7) is 1.51. The number of ether oxygens (including phenoxy) is 1. The second-order valence-electron chi connectivity index (χ2n) is 7.35. The molecule has 1 atom stereocenters. The number of amides is 2. The molecule has 1 aliphatic heterocycles. The standard InChI is InChI=1S/C24H25N3O3S/c1-30-19-8-4-6-17(14-19)15-25-23(28)24(29)26-16-21(22-10-5-13-31-22)27-12-11-18-7-2-3-9-20(18)27/h2-10,13-14,21H,11-12,15-16H2,1H3,(H,25,28)(H,26,29). The number of methoxy groups -OCH3 is 1. The molecule has 0 saturated carbocycles. The molecule has 0 aliphatic carbocycles. The monoisotopic (exact) mass is 435 g/mol. The van der Waals surface area contributed by atoms with Gasteiger partial charge in [0.2, 0.25) is 0 Å². The fourth-order valence-corrected chi connectivity index (χ4v) is 4.69. The fraction of sp³-hybridized carbons (Fsp3) is 0.250. The third-order valence-corrected chi connectivity index (χ3v) is 6.39. The smallest absolute Gasteiger partial charge is 0.309 e. The Morgan fingerprint density at radius 2 is 1.90 bits per heavy atom. The maximum Gasteiger partial charge on any atom is 0.309 e. The number of nitrogens with zero attached hydrogens (tertiary/aromatic N) is 1. The Balaban J connectivity index is 1.38. The number of carbonyl (C=O) groups is 2. The first-order chi connectivity index (χ1) is 15.2. The van der Waals surface area contributed by atoms with Crippen molar-refractivity contribution in [3.63, 3.8) is 0 Å². The first-order valence-corrected chi connectivity index (χ1v) is 11.1. The van der Waals surface area contributed by atoms with Crippen molar-refractivity contribution in [2.24, 2.45) is 0 Å². The summed E-state index contributed by atoms with van der Waals surface area (Å²) in [5.41, 5.74) is 3.37. The number of thiophene rings is 1. The van der Waals surface area contributed by atoms with Crippen LogP contribution in [0.5, 0.6) is 5.75 Å². The molecular weight excluding hydrogens is 410 g/mol. The molecule has 1 aliphatic rings. The number of para-hydroxylation sites is 1. The predicted octanol–water partition coefficient (Wildman–Crippen LogP) is 3.29. The van der Waals surface area contributed by atoms with E-state index in [9.17, 15) is 9.59 Å². The SMILES string of the molecule is COc1cccc(CNC(=O)C(=O)NCC(c2cccs2)N2CCc3ccccc32)c1. The number of carbonyl (C=O) groups excluding carboxylic acids is 2. The fourth-order valence-electron chi connectivity index (χ4n) is 3.85. The molecule has 0 spiro atoms. The highest BCUT2D eigenvalue weighted by molar-refractivity contribution is 7.10. The quantitative estimate of drug-likeness (QED) is 0.559. The lowest BCUT2D eigenvalue weighted by molar-refractivity contribution is -0.139. The van der Waals surface area contributed by atoms with E-state index < -0.39 is 11.8 Å². The number of hydrogen-bond acceptors (Lipinski definition) is 5. The molecule has 7 heteroatoms. The third-order valence-electron chi connectivity index (χ3n) is 5.42. The van der Waals surface area contributed by atoms with Crippen LogP contribution in [0.1, 0.15) is 22.0 Å². The summed E-state index contributed by atoms with van der Waals surface area (Å²) >= 11 is 1.66. The molecule has 0 radical (unpaired) electrons. The largest absolute Gasteiger partial charge is 0.497 e. The maximum atomic E-state index is 12.5. The molecule has 6 nitrogen and oxygen atoms in total. The Labute approximate surface area is 185 Å². The summed E-state index contributed by atoms with van der Waals surface area (Å²) in [6.07, 6.45) is 0.979. The summed E-state index contributed by atoms with van der Waals surface area (Å²) < 4.78 is 5.19.